The van der Waals surface area contributed by atoms with Crippen molar-refractivity contribution in [3.63, 3.8) is 0 Å². The largest absolute Gasteiger partial charge is 0.473 e. The fraction of sp³-hybridized carbons (Fsp3) is 0.368. The first-order valence-corrected chi connectivity index (χ1v) is 8.72. The Hall–Kier alpha value is -2.83. The second kappa shape index (κ2) is 6.82. The smallest absolute Gasteiger partial charge is 0.235 e. The second-order valence-corrected chi connectivity index (χ2v) is 6.56. The van der Waals surface area contributed by atoms with E-state index in [4.69, 9.17) is 4.74 Å². The van der Waals surface area contributed by atoms with Crippen LogP contribution in [0.3, 0.4) is 0 Å². The predicted octanol–water partition coefficient (Wildman–Crippen LogP) is 3.22. The Morgan fingerprint density at radius 1 is 1.12 bits per heavy atom. The van der Waals surface area contributed by atoms with Crippen molar-refractivity contribution >= 4 is 16.7 Å². The van der Waals surface area contributed by atoms with Crippen molar-refractivity contribution in [1.29, 1.82) is 0 Å². The standard InChI is InChI=1S/C19H20FN5O/c1-12-10-21-13(2)19(24-12)26-15-5-7-25(8-6-15)18-16-9-14(20)3-4-17(16)22-11-23-18/h3-4,9-11,15H,5-8H2,1-2H3. The molecule has 1 fully saturated rings. The van der Waals surface area contributed by atoms with Gasteiger partial charge in [-0.05, 0) is 32.0 Å². The van der Waals surface area contributed by atoms with Crippen molar-refractivity contribution in [2.75, 3.05) is 18.0 Å². The predicted molar refractivity (Wildman–Crippen MR) is 96.9 cm³/mol. The maximum absolute atomic E-state index is 13.7. The summed E-state index contributed by atoms with van der Waals surface area (Å²) in [4.78, 5) is 19.5. The zero-order valence-corrected chi connectivity index (χ0v) is 14.8. The number of fused-ring (bicyclic) bond motifs is 1. The highest BCUT2D eigenvalue weighted by molar-refractivity contribution is 5.89. The Labute approximate surface area is 151 Å². The Morgan fingerprint density at radius 3 is 2.73 bits per heavy atom. The molecule has 0 N–H and O–H groups in total. The van der Waals surface area contributed by atoms with Crippen molar-refractivity contribution in [2.45, 2.75) is 32.8 Å². The van der Waals surface area contributed by atoms with Gasteiger partial charge in [0.1, 0.15) is 24.1 Å². The number of aromatic nitrogens is 4. The number of hydrogen-bond acceptors (Lipinski definition) is 6. The van der Waals surface area contributed by atoms with Crippen LogP contribution in [-0.4, -0.2) is 39.1 Å². The SMILES string of the molecule is Cc1cnc(C)c(OC2CCN(c3ncnc4ccc(F)cc34)CC2)n1. The Bertz CT molecular complexity index is 940. The normalized spacial score (nSPS) is 15.4. The van der Waals surface area contributed by atoms with Gasteiger partial charge in [0.25, 0.3) is 0 Å². The number of benzene rings is 1. The number of hydrogen-bond donors (Lipinski definition) is 0. The molecule has 0 spiro atoms. The van der Waals surface area contributed by atoms with Crippen LogP contribution in [0, 0.1) is 19.7 Å². The van der Waals surface area contributed by atoms with E-state index in [-0.39, 0.29) is 11.9 Å². The maximum atomic E-state index is 13.7. The number of piperidine rings is 1. The molecule has 1 saturated heterocycles. The lowest BCUT2D eigenvalue weighted by atomic mass is 10.1. The molecule has 0 amide bonds. The van der Waals surface area contributed by atoms with Crippen LogP contribution in [0.4, 0.5) is 10.2 Å². The summed E-state index contributed by atoms with van der Waals surface area (Å²) >= 11 is 0. The molecule has 2 aromatic heterocycles. The summed E-state index contributed by atoms with van der Waals surface area (Å²) in [6, 6.07) is 4.61. The molecule has 0 bridgehead atoms. The van der Waals surface area contributed by atoms with Gasteiger partial charge in [-0.15, -0.1) is 0 Å². The van der Waals surface area contributed by atoms with Crippen LogP contribution in [0.2, 0.25) is 0 Å². The lowest BCUT2D eigenvalue weighted by Crippen LogP contribution is -2.39. The molecule has 0 atom stereocenters. The third-order valence-electron chi connectivity index (χ3n) is 4.63. The second-order valence-electron chi connectivity index (χ2n) is 6.56. The number of aryl methyl sites for hydroxylation is 2. The minimum absolute atomic E-state index is 0.0888. The summed E-state index contributed by atoms with van der Waals surface area (Å²) in [5.41, 5.74) is 2.40. The minimum atomic E-state index is -0.278. The summed E-state index contributed by atoms with van der Waals surface area (Å²) in [6.45, 7) is 5.37. The van der Waals surface area contributed by atoms with E-state index in [1.54, 1.807) is 12.3 Å². The van der Waals surface area contributed by atoms with Crippen LogP contribution >= 0.6 is 0 Å². The molecule has 6 nitrogen and oxygen atoms in total. The molecular weight excluding hydrogens is 333 g/mol. The van der Waals surface area contributed by atoms with Crippen LogP contribution in [0.1, 0.15) is 24.2 Å². The highest BCUT2D eigenvalue weighted by atomic mass is 19.1. The molecule has 0 aliphatic carbocycles. The fourth-order valence-corrected chi connectivity index (χ4v) is 3.24. The highest BCUT2D eigenvalue weighted by Crippen LogP contribution is 2.27. The summed E-state index contributed by atoms with van der Waals surface area (Å²) in [6.07, 6.45) is 5.05. The van der Waals surface area contributed by atoms with Gasteiger partial charge >= 0.3 is 0 Å². The molecular formula is C19H20FN5O. The van der Waals surface area contributed by atoms with Crippen LogP contribution in [0.15, 0.2) is 30.7 Å². The van der Waals surface area contributed by atoms with E-state index in [1.807, 2.05) is 13.8 Å². The molecule has 0 unspecified atom stereocenters. The zero-order valence-electron chi connectivity index (χ0n) is 14.8. The maximum Gasteiger partial charge on any atom is 0.235 e. The third kappa shape index (κ3) is 3.29. The van der Waals surface area contributed by atoms with E-state index in [1.165, 1.54) is 18.5 Å². The van der Waals surface area contributed by atoms with Crippen molar-refractivity contribution in [3.05, 3.63) is 47.9 Å². The van der Waals surface area contributed by atoms with Gasteiger partial charge < -0.3 is 9.64 Å². The Balaban J connectivity index is 1.49. The molecule has 3 aromatic rings. The van der Waals surface area contributed by atoms with Gasteiger partial charge in [-0.1, -0.05) is 0 Å². The van der Waals surface area contributed by atoms with Gasteiger partial charge in [-0.25, -0.2) is 19.3 Å². The molecule has 1 aromatic carbocycles. The number of halogens is 1. The first kappa shape index (κ1) is 16.6. The Kier molecular flexibility index (Phi) is 4.36. The summed E-state index contributed by atoms with van der Waals surface area (Å²) in [5.74, 6) is 1.11. The number of nitrogens with zero attached hydrogens (tertiary/aromatic N) is 5. The van der Waals surface area contributed by atoms with Crippen molar-refractivity contribution in [2.24, 2.45) is 0 Å². The van der Waals surface area contributed by atoms with Gasteiger partial charge in [-0.3, -0.25) is 4.98 Å². The molecule has 134 valence electrons. The van der Waals surface area contributed by atoms with Crippen molar-refractivity contribution in [1.82, 2.24) is 19.9 Å². The lowest BCUT2D eigenvalue weighted by molar-refractivity contribution is 0.161. The van der Waals surface area contributed by atoms with E-state index in [2.05, 4.69) is 24.8 Å². The van der Waals surface area contributed by atoms with Gasteiger partial charge in [0, 0.05) is 37.5 Å². The van der Waals surface area contributed by atoms with E-state index in [0.717, 1.165) is 54.0 Å². The quantitative estimate of drug-likeness (QED) is 0.720. The first-order valence-electron chi connectivity index (χ1n) is 8.72. The summed E-state index contributed by atoms with van der Waals surface area (Å²) < 4.78 is 19.7. The molecule has 26 heavy (non-hydrogen) atoms. The van der Waals surface area contributed by atoms with Crippen LogP contribution in [0.25, 0.3) is 10.9 Å². The highest BCUT2D eigenvalue weighted by Gasteiger charge is 2.24. The lowest BCUT2D eigenvalue weighted by Gasteiger charge is -2.33. The van der Waals surface area contributed by atoms with E-state index < -0.39 is 0 Å². The minimum Gasteiger partial charge on any atom is -0.473 e. The molecule has 3 heterocycles. The van der Waals surface area contributed by atoms with Crippen LogP contribution in [0.5, 0.6) is 5.88 Å². The molecule has 4 rings (SSSR count). The average molecular weight is 353 g/mol. The first-order chi connectivity index (χ1) is 12.6. The average Bonchev–Trinajstić information content (AvgIpc) is 2.65. The van der Waals surface area contributed by atoms with E-state index >= 15 is 0 Å². The Morgan fingerprint density at radius 2 is 1.92 bits per heavy atom. The van der Waals surface area contributed by atoms with Crippen LogP contribution < -0.4 is 9.64 Å². The van der Waals surface area contributed by atoms with Crippen molar-refractivity contribution < 1.29 is 9.13 Å². The number of anilines is 1. The number of rotatable bonds is 3. The van der Waals surface area contributed by atoms with Crippen LogP contribution in [-0.2, 0) is 0 Å². The molecule has 0 saturated carbocycles. The molecule has 0 radical (unpaired) electrons. The zero-order chi connectivity index (χ0) is 18.1. The van der Waals surface area contributed by atoms with Gasteiger partial charge in [0.05, 0.1) is 16.9 Å². The topological polar surface area (TPSA) is 64.0 Å². The molecule has 1 aliphatic rings. The molecule has 7 heteroatoms. The monoisotopic (exact) mass is 353 g/mol. The van der Waals surface area contributed by atoms with Gasteiger partial charge in [0.15, 0.2) is 0 Å². The summed E-state index contributed by atoms with van der Waals surface area (Å²) in [7, 11) is 0. The summed E-state index contributed by atoms with van der Waals surface area (Å²) in [5, 5.41) is 0.743. The fourth-order valence-electron chi connectivity index (χ4n) is 3.24. The van der Waals surface area contributed by atoms with Gasteiger partial charge in [0.2, 0.25) is 5.88 Å². The van der Waals surface area contributed by atoms with Crippen molar-refractivity contribution in [3.8, 4) is 5.88 Å². The van der Waals surface area contributed by atoms with E-state index in [9.17, 15) is 4.39 Å². The number of ether oxygens (including phenoxy) is 1. The third-order valence-corrected chi connectivity index (χ3v) is 4.63. The molecule has 1 aliphatic heterocycles. The van der Waals surface area contributed by atoms with E-state index in [0.29, 0.717) is 5.88 Å². The van der Waals surface area contributed by atoms with Gasteiger partial charge in [-0.2, -0.15) is 0 Å².